The normalized spacial score (nSPS) is 10.3. The molecule has 0 atom stereocenters. The first-order valence-corrected chi connectivity index (χ1v) is 6.86. The van der Waals surface area contributed by atoms with Crippen molar-refractivity contribution in [3.8, 4) is 0 Å². The topological polar surface area (TPSA) is 54.0 Å². The van der Waals surface area contributed by atoms with Gasteiger partial charge in [-0.1, -0.05) is 11.6 Å². The molecule has 1 aromatic heterocycles. The number of pyridine rings is 1. The Hall–Kier alpha value is -2.14. The van der Waals surface area contributed by atoms with Gasteiger partial charge in [-0.3, -0.25) is 4.79 Å². The summed E-state index contributed by atoms with van der Waals surface area (Å²) in [5.41, 5.74) is 1.64. The molecular formula is C15H15ClFN3O. The summed E-state index contributed by atoms with van der Waals surface area (Å²) in [6.45, 7) is 4.47. The summed E-state index contributed by atoms with van der Waals surface area (Å²) in [4.78, 5) is 16.5. The lowest BCUT2D eigenvalue weighted by atomic mass is 10.2. The Morgan fingerprint density at radius 2 is 2.10 bits per heavy atom. The maximum absolute atomic E-state index is 13.1. The number of benzene rings is 1. The molecule has 1 aromatic carbocycles. The number of nitrogens with one attached hydrogen (secondary N) is 2. The molecule has 2 N–H and O–H groups in total. The Bertz CT molecular complexity index is 676. The Morgan fingerprint density at radius 3 is 2.76 bits per heavy atom. The molecule has 21 heavy (non-hydrogen) atoms. The van der Waals surface area contributed by atoms with Crippen LogP contribution in [0.3, 0.4) is 0 Å². The van der Waals surface area contributed by atoms with Crippen LogP contribution >= 0.6 is 11.6 Å². The molecule has 6 heteroatoms. The van der Waals surface area contributed by atoms with E-state index in [0.29, 0.717) is 23.6 Å². The summed E-state index contributed by atoms with van der Waals surface area (Å²) in [6.07, 6.45) is 0. The Kier molecular flexibility index (Phi) is 4.75. The second kappa shape index (κ2) is 6.54. The number of hydrogen-bond acceptors (Lipinski definition) is 3. The fourth-order valence-electron chi connectivity index (χ4n) is 1.85. The predicted molar refractivity (Wildman–Crippen MR) is 82.5 cm³/mol. The van der Waals surface area contributed by atoms with Crippen LogP contribution in [0.25, 0.3) is 0 Å². The molecule has 0 saturated heterocycles. The summed E-state index contributed by atoms with van der Waals surface area (Å²) in [7, 11) is 0. The number of halogens is 2. The van der Waals surface area contributed by atoms with Crippen LogP contribution in [0.5, 0.6) is 0 Å². The Labute approximate surface area is 127 Å². The number of carbonyl (C=O) groups is 1. The second-order valence-electron chi connectivity index (χ2n) is 4.50. The van der Waals surface area contributed by atoms with E-state index in [-0.39, 0.29) is 10.9 Å². The van der Waals surface area contributed by atoms with Crippen molar-refractivity contribution in [2.75, 3.05) is 17.2 Å². The minimum atomic E-state index is -0.524. The third kappa shape index (κ3) is 3.92. The van der Waals surface area contributed by atoms with Crippen molar-refractivity contribution in [1.82, 2.24) is 4.98 Å². The van der Waals surface area contributed by atoms with E-state index in [1.54, 1.807) is 12.1 Å². The van der Waals surface area contributed by atoms with Crippen LogP contribution in [0.4, 0.5) is 15.9 Å². The first kappa shape index (κ1) is 15.3. The Morgan fingerprint density at radius 1 is 1.33 bits per heavy atom. The molecule has 0 aliphatic carbocycles. The molecule has 0 fully saturated rings. The number of rotatable bonds is 4. The third-order valence-electron chi connectivity index (χ3n) is 2.75. The quantitative estimate of drug-likeness (QED) is 0.901. The van der Waals surface area contributed by atoms with Crippen molar-refractivity contribution >= 4 is 29.0 Å². The Balaban J connectivity index is 2.21. The summed E-state index contributed by atoms with van der Waals surface area (Å²) in [6, 6.07) is 7.38. The van der Waals surface area contributed by atoms with Crippen LogP contribution in [0.15, 0.2) is 30.3 Å². The zero-order valence-corrected chi connectivity index (χ0v) is 12.5. The number of amides is 1. The first-order valence-electron chi connectivity index (χ1n) is 6.48. The van der Waals surface area contributed by atoms with Crippen LogP contribution in [0.1, 0.15) is 23.0 Å². The number of aryl methyl sites for hydroxylation is 1. The van der Waals surface area contributed by atoms with Gasteiger partial charge in [0.15, 0.2) is 0 Å². The fourth-order valence-corrected chi connectivity index (χ4v) is 2.03. The maximum Gasteiger partial charge on any atom is 0.255 e. The summed E-state index contributed by atoms with van der Waals surface area (Å²) >= 11 is 5.69. The van der Waals surface area contributed by atoms with Crippen molar-refractivity contribution in [3.63, 3.8) is 0 Å². The fraction of sp³-hybridized carbons (Fsp3) is 0.200. The zero-order valence-electron chi connectivity index (χ0n) is 11.7. The highest BCUT2D eigenvalue weighted by Gasteiger charge is 2.10. The largest absolute Gasteiger partial charge is 0.370 e. The van der Waals surface area contributed by atoms with Gasteiger partial charge in [0.05, 0.1) is 5.02 Å². The molecule has 0 bridgehead atoms. The lowest BCUT2D eigenvalue weighted by molar-refractivity contribution is 0.102. The van der Waals surface area contributed by atoms with E-state index in [1.165, 1.54) is 18.2 Å². The predicted octanol–water partition coefficient (Wildman–Crippen LogP) is 3.87. The van der Waals surface area contributed by atoms with Gasteiger partial charge in [-0.2, -0.15) is 0 Å². The summed E-state index contributed by atoms with van der Waals surface area (Å²) in [5.74, 6) is -0.189. The summed E-state index contributed by atoms with van der Waals surface area (Å²) < 4.78 is 13.1. The number of aromatic nitrogens is 1. The van der Waals surface area contributed by atoms with E-state index in [9.17, 15) is 9.18 Å². The molecule has 1 heterocycles. The van der Waals surface area contributed by atoms with E-state index >= 15 is 0 Å². The van der Waals surface area contributed by atoms with Crippen molar-refractivity contribution in [2.45, 2.75) is 13.8 Å². The SMILES string of the molecule is CCNc1cc(C(=O)Nc2ccc(F)c(Cl)c2)cc(C)n1. The molecule has 4 nitrogen and oxygen atoms in total. The molecule has 2 aromatic rings. The minimum absolute atomic E-state index is 0.0351. The number of carbonyl (C=O) groups excluding carboxylic acids is 1. The lowest BCUT2D eigenvalue weighted by Crippen LogP contribution is -2.13. The van der Waals surface area contributed by atoms with E-state index < -0.39 is 5.82 Å². The average molecular weight is 308 g/mol. The standard InChI is InChI=1S/C15H15ClFN3O/c1-3-18-14-7-10(6-9(2)19-14)15(21)20-11-4-5-13(17)12(16)8-11/h4-8H,3H2,1-2H3,(H,18,19)(H,20,21). The molecule has 0 spiro atoms. The number of nitrogens with zero attached hydrogens (tertiary/aromatic N) is 1. The molecule has 1 amide bonds. The van der Waals surface area contributed by atoms with E-state index in [0.717, 1.165) is 5.69 Å². The van der Waals surface area contributed by atoms with Gasteiger partial charge in [0, 0.05) is 23.5 Å². The smallest absolute Gasteiger partial charge is 0.255 e. The van der Waals surface area contributed by atoms with Crippen LogP contribution in [0, 0.1) is 12.7 Å². The molecule has 2 rings (SSSR count). The van der Waals surface area contributed by atoms with Gasteiger partial charge in [0.2, 0.25) is 0 Å². The second-order valence-corrected chi connectivity index (χ2v) is 4.90. The van der Waals surface area contributed by atoms with Crippen LogP contribution < -0.4 is 10.6 Å². The third-order valence-corrected chi connectivity index (χ3v) is 3.04. The van der Waals surface area contributed by atoms with Crippen molar-refractivity contribution in [1.29, 1.82) is 0 Å². The summed E-state index contributed by atoms with van der Waals surface area (Å²) in [5, 5.41) is 5.70. The van der Waals surface area contributed by atoms with Gasteiger partial charge < -0.3 is 10.6 Å². The van der Waals surface area contributed by atoms with Gasteiger partial charge in [0.25, 0.3) is 5.91 Å². The van der Waals surface area contributed by atoms with Crippen molar-refractivity contribution < 1.29 is 9.18 Å². The van der Waals surface area contributed by atoms with E-state index in [4.69, 9.17) is 11.6 Å². The average Bonchev–Trinajstić information content (AvgIpc) is 2.42. The molecule has 0 aliphatic heterocycles. The highest BCUT2D eigenvalue weighted by atomic mass is 35.5. The van der Waals surface area contributed by atoms with Gasteiger partial charge in [-0.25, -0.2) is 9.37 Å². The molecular weight excluding hydrogens is 293 g/mol. The monoisotopic (exact) mass is 307 g/mol. The van der Waals surface area contributed by atoms with Crippen LogP contribution in [-0.4, -0.2) is 17.4 Å². The first-order chi connectivity index (χ1) is 9.99. The van der Waals surface area contributed by atoms with Crippen molar-refractivity contribution in [2.24, 2.45) is 0 Å². The van der Waals surface area contributed by atoms with Gasteiger partial charge in [-0.15, -0.1) is 0 Å². The number of anilines is 2. The van der Waals surface area contributed by atoms with Crippen LogP contribution in [0.2, 0.25) is 5.02 Å². The molecule has 0 aliphatic rings. The highest BCUT2D eigenvalue weighted by molar-refractivity contribution is 6.31. The number of hydrogen-bond donors (Lipinski definition) is 2. The molecule has 110 valence electrons. The zero-order chi connectivity index (χ0) is 15.4. The van der Waals surface area contributed by atoms with E-state index in [1.807, 2.05) is 13.8 Å². The maximum atomic E-state index is 13.1. The highest BCUT2D eigenvalue weighted by Crippen LogP contribution is 2.20. The van der Waals surface area contributed by atoms with Crippen molar-refractivity contribution in [3.05, 3.63) is 52.4 Å². The molecule has 0 unspecified atom stereocenters. The van der Waals surface area contributed by atoms with E-state index in [2.05, 4.69) is 15.6 Å². The lowest BCUT2D eigenvalue weighted by Gasteiger charge is -2.09. The molecule has 0 radical (unpaired) electrons. The van der Waals surface area contributed by atoms with Crippen LogP contribution in [-0.2, 0) is 0 Å². The van der Waals surface area contributed by atoms with Gasteiger partial charge >= 0.3 is 0 Å². The molecule has 0 saturated carbocycles. The van der Waals surface area contributed by atoms with Gasteiger partial charge in [-0.05, 0) is 44.2 Å². The van der Waals surface area contributed by atoms with Gasteiger partial charge in [0.1, 0.15) is 11.6 Å². The minimum Gasteiger partial charge on any atom is -0.370 e.